The minimum atomic E-state index is -0.886. The number of aldehydes is 1. The fraction of sp³-hybridized carbons (Fsp3) is 0.600. The van der Waals surface area contributed by atoms with Gasteiger partial charge >= 0.3 is 6.09 Å². The third-order valence-electron chi connectivity index (χ3n) is 2.65. The standard InChI is InChI=1S/C10H15NO3/c1-10(2)7-11(9(13)14)5-3-8(10)4-6-12/h4,6H,3,5,7H2,1-2H3,(H,13,14)/b8-4-. The van der Waals surface area contributed by atoms with Crippen LogP contribution in [0.1, 0.15) is 20.3 Å². The van der Waals surface area contributed by atoms with Crippen LogP contribution in [0.5, 0.6) is 0 Å². The number of hydrogen-bond acceptors (Lipinski definition) is 2. The zero-order valence-electron chi connectivity index (χ0n) is 8.49. The summed E-state index contributed by atoms with van der Waals surface area (Å²) in [5.74, 6) is 0. The van der Waals surface area contributed by atoms with Crippen LogP contribution in [0.3, 0.4) is 0 Å². The van der Waals surface area contributed by atoms with Crippen LogP contribution in [0, 0.1) is 5.41 Å². The number of carbonyl (C=O) groups is 2. The second-order valence-corrected chi connectivity index (χ2v) is 4.17. The van der Waals surface area contributed by atoms with Gasteiger partial charge in [-0.25, -0.2) is 4.79 Å². The van der Waals surface area contributed by atoms with Crippen LogP contribution >= 0.6 is 0 Å². The number of piperidine rings is 1. The Kier molecular flexibility index (Phi) is 2.93. The van der Waals surface area contributed by atoms with Crippen LogP contribution in [-0.2, 0) is 4.79 Å². The fourth-order valence-electron chi connectivity index (χ4n) is 1.81. The summed E-state index contributed by atoms with van der Waals surface area (Å²) in [4.78, 5) is 22.5. The van der Waals surface area contributed by atoms with Gasteiger partial charge < -0.3 is 10.0 Å². The van der Waals surface area contributed by atoms with Gasteiger partial charge in [-0.05, 0) is 12.5 Å². The summed E-state index contributed by atoms with van der Waals surface area (Å²) in [6.45, 7) is 4.86. The number of hydrogen-bond donors (Lipinski definition) is 1. The maximum Gasteiger partial charge on any atom is 0.407 e. The molecule has 4 nitrogen and oxygen atoms in total. The van der Waals surface area contributed by atoms with Crippen molar-refractivity contribution in [1.29, 1.82) is 0 Å². The van der Waals surface area contributed by atoms with E-state index in [-0.39, 0.29) is 5.41 Å². The fourth-order valence-corrected chi connectivity index (χ4v) is 1.81. The summed E-state index contributed by atoms with van der Waals surface area (Å²) in [6.07, 6.45) is 2.09. The minimum Gasteiger partial charge on any atom is -0.465 e. The average Bonchev–Trinajstić information content (AvgIpc) is 2.08. The summed E-state index contributed by atoms with van der Waals surface area (Å²) in [7, 11) is 0. The van der Waals surface area contributed by atoms with Crippen molar-refractivity contribution in [1.82, 2.24) is 4.90 Å². The second kappa shape index (κ2) is 3.82. The highest BCUT2D eigenvalue weighted by atomic mass is 16.4. The van der Waals surface area contributed by atoms with Crippen molar-refractivity contribution < 1.29 is 14.7 Å². The van der Waals surface area contributed by atoms with Gasteiger partial charge in [0.25, 0.3) is 0 Å². The van der Waals surface area contributed by atoms with E-state index in [4.69, 9.17) is 5.11 Å². The molecule has 14 heavy (non-hydrogen) atoms. The van der Waals surface area contributed by atoms with Gasteiger partial charge in [0.2, 0.25) is 0 Å². The van der Waals surface area contributed by atoms with Gasteiger partial charge in [-0.2, -0.15) is 0 Å². The molecule has 0 radical (unpaired) electrons. The highest BCUT2D eigenvalue weighted by Crippen LogP contribution is 2.33. The van der Waals surface area contributed by atoms with Crippen molar-refractivity contribution in [2.45, 2.75) is 20.3 Å². The quantitative estimate of drug-likeness (QED) is 0.512. The Balaban J connectivity index is 2.80. The lowest BCUT2D eigenvalue weighted by Crippen LogP contribution is -2.44. The number of carbonyl (C=O) groups excluding carboxylic acids is 1. The molecule has 0 saturated carbocycles. The third kappa shape index (κ3) is 2.13. The molecule has 0 aromatic carbocycles. The van der Waals surface area contributed by atoms with E-state index in [0.717, 1.165) is 11.9 Å². The van der Waals surface area contributed by atoms with Crippen LogP contribution in [0.2, 0.25) is 0 Å². The molecule has 1 amide bonds. The molecular formula is C10H15NO3. The Morgan fingerprint density at radius 3 is 2.64 bits per heavy atom. The van der Waals surface area contributed by atoms with E-state index >= 15 is 0 Å². The lowest BCUT2D eigenvalue weighted by molar-refractivity contribution is -0.104. The van der Waals surface area contributed by atoms with E-state index in [9.17, 15) is 9.59 Å². The van der Waals surface area contributed by atoms with Crippen molar-refractivity contribution in [2.75, 3.05) is 13.1 Å². The van der Waals surface area contributed by atoms with Crippen LogP contribution in [-0.4, -0.2) is 35.5 Å². The molecule has 1 rings (SSSR count). The smallest absolute Gasteiger partial charge is 0.407 e. The first-order valence-corrected chi connectivity index (χ1v) is 4.60. The Bertz CT molecular complexity index is 281. The first-order valence-electron chi connectivity index (χ1n) is 4.60. The van der Waals surface area contributed by atoms with Crippen molar-refractivity contribution in [3.05, 3.63) is 11.6 Å². The first-order chi connectivity index (χ1) is 6.47. The molecular weight excluding hydrogens is 182 g/mol. The van der Waals surface area contributed by atoms with E-state index < -0.39 is 6.09 Å². The zero-order chi connectivity index (χ0) is 10.8. The van der Waals surface area contributed by atoms with Crippen LogP contribution < -0.4 is 0 Å². The normalized spacial score (nSPS) is 23.6. The van der Waals surface area contributed by atoms with Crippen molar-refractivity contribution in [3.8, 4) is 0 Å². The molecule has 0 aromatic rings. The molecule has 0 bridgehead atoms. The molecule has 0 aliphatic carbocycles. The number of carboxylic acid groups (broad SMARTS) is 1. The lowest BCUT2D eigenvalue weighted by Gasteiger charge is -2.38. The predicted octanol–water partition coefficient (Wildman–Crippen LogP) is 1.52. The number of amides is 1. The molecule has 1 fully saturated rings. The largest absolute Gasteiger partial charge is 0.465 e. The summed E-state index contributed by atoms with van der Waals surface area (Å²) >= 11 is 0. The number of allylic oxidation sites excluding steroid dienone is 1. The molecule has 1 heterocycles. The summed E-state index contributed by atoms with van der Waals surface area (Å²) in [6, 6.07) is 0. The molecule has 78 valence electrons. The minimum absolute atomic E-state index is 0.225. The molecule has 1 aliphatic rings. The Labute approximate surface area is 83.2 Å². The van der Waals surface area contributed by atoms with Gasteiger partial charge in [-0.15, -0.1) is 0 Å². The highest BCUT2D eigenvalue weighted by molar-refractivity contribution is 5.68. The first kappa shape index (κ1) is 10.8. The Morgan fingerprint density at radius 1 is 1.57 bits per heavy atom. The monoisotopic (exact) mass is 197 g/mol. The zero-order valence-corrected chi connectivity index (χ0v) is 8.49. The molecule has 1 saturated heterocycles. The lowest BCUT2D eigenvalue weighted by atomic mass is 9.79. The molecule has 4 heteroatoms. The van der Waals surface area contributed by atoms with Gasteiger partial charge in [-0.3, -0.25) is 4.79 Å². The SMILES string of the molecule is CC1(C)CN(C(=O)O)CC/C1=C/C=O. The summed E-state index contributed by atoms with van der Waals surface area (Å²) in [5, 5.41) is 8.82. The van der Waals surface area contributed by atoms with Gasteiger partial charge in [0.1, 0.15) is 6.29 Å². The second-order valence-electron chi connectivity index (χ2n) is 4.17. The number of likely N-dealkylation sites (tertiary alicyclic amines) is 1. The van der Waals surface area contributed by atoms with Gasteiger partial charge in [-0.1, -0.05) is 19.4 Å². The summed E-state index contributed by atoms with van der Waals surface area (Å²) < 4.78 is 0. The van der Waals surface area contributed by atoms with E-state index in [2.05, 4.69) is 0 Å². The van der Waals surface area contributed by atoms with Crippen LogP contribution in [0.4, 0.5) is 4.79 Å². The van der Waals surface area contributed by atoms with Crippen molar-refractivity contribution in [2.24, 2.45) is 5.41 Å². The maximum atomic E-state index is 10.7. The van der Waals surface area contributed by atoms with Crippen LogP contribution in [0.15, 0.2) is 11.6 Å². The van der Waals surface area contributed by atoms with Crippen molar-refractivity contribution >= 4 is 12.4 Å². The molecule has 0 unspecified atom stereocenters. The van der Waals surface area contributed by atoms with E-state index in [0.29, 0.717) is 19.5 Å². The molecule has 1 N–H and O–H groups in total. The van der Waals surface area contributed by atoms with Crippen molar-refractivity contribution in [3.63, 3.8) is 0 Å². The Morgan fingerprint density at radius 2 is 2.21 bits per heavy atom. The molecule has 0 spiro atoms. The highest BCUT2D eigenvalue weighted by Gasteiger charge is 2.32. The molecule has 1 aliphatic heterocycles. The van der Waals surface area contributed by atoms with E-state index in [1.807, 2.05) is 13.8 Å². The van der Waals surface area contributed by atoms with E-state index in [1.54, 1.807) is 6.08 Å². The van der Waals surface area contributed by atoms with Gasteiger partial charge in [0.05, 0.1) is 0 Å². The molecule has 0 aromatic heterocycles. The number of rotatable bonds is 1. The van der Waals surface area contributed by atoms with E-state index in [1.165, 1.54) is 4.90 Å². The number of nitrogens with zero attached hydrogens (tertiary/aromatic N) is 1. The van der Waals surface area contributed by atoms with Crippen LogP contribution in [0.25, 0.3) is 0 Å². The third-order valence-corrected chi connectivity index (χ3v) is 2.65. The Hall–Kier alpha value is -1.32. The predicted molar refractivity (Wildman–Crippen MR) is 52.1 cm³/mol. The van der Waals surface area contributed by atoms with Gasteiger partial charge in [0, 0.05) is 18.5 Å². The van der Waals surface area contributed by atoms with Gasteiger partial charge in [0.15, 0.2) is 0 Å². The maximum absolute atomic E-state index is 10.7. The summed E-state index contributed by atoms with van der Waals surface area (Å²) in [5.41, 5.74) is 0.808. The topological polar surface area (TPSA) is 57.6 Å². The molecule has 0 atom stereocenters. The average molecular weight is 197 g/mol.